The number of H-pyrrole nitrogens is 1. The zero-order valence-electron chi connectivity index (χ0n) is 17.5. The molecular weight excluding hydrogens is 410 g/mol. The summed E-state index contributed by atoms with van der Waals surface area (Å²) in [6.45, 7) is 5.78. The van der Waals surface area contributed by atoms with Gasteiger partial charge < -0.3 is 19.8 Å². The fraction of sp³-hybridized carbons (Fsp3) is 0.381. The molecule has 8 nitrogen and oxygen atoms in total. The number of hydrogen-bond donors (Lipinski definition) is 2. The van der Waals surface area contributed by atoms with E-state index in [9.17, 15) is 14.4 Å². The lowest BCUT2D eigenvalue weighted by Crippen LogP contribution is -2.30. The molecule has 2 rings (SSSR count). The number of aromatic amines is 1. The molecule has 0 saturated heterocycles. The summed E-state index contributed by atoms with van der Waals surface area (Å²) in [6.07, 6.45) is 0. The van der Waals surface area contributed by atoms with Crippen molar-refractivity contribution in [2.45, 2.75) is 27.3 Å². The fourth-order valence-electron chi connectivity index (χ4n) is 2.97. The van der Waals surface area contributed by atoms with Crippen LogP contribution in [-0.4, -0.2) is 54.5 Å². The first-order chi connectivity index (χ1) is 14.3. The minimum absolute atomic E-state index is 0.0672. The van der Waals surface area contributed by atoms with Gasteiger partial charge in [-0.25, -0.2) is 9.59 Å². The number of benzene rings is 1. The topological polar surface area (TPSA) is 101 Å². The zero-order chi connectivity index (χ0) is 22.3. The number of ether oxygens (including phenoxy) is 2. The van der Waals surface area contributed by atoms with Crippen LogP contribution < -0.4 is 5.32 Å². The van der Waals surface area contributed by atoms with Gasteiger partial charge in [0.2, 0.25) is 5.91 Å². The number of carbonyl (C=O) groups excluding carboxylic acids is 3. The first-order valence-corrected chi connectivity index (χ1v) is 9.94. The lowest BCUT2D eigenvalue weighted by atomic mass is 10.1. The number of anilines is 1. The van der Waals surface area contributed by atoms with Gasteiger partial charge in [-0.3, -0.25) is 9.69 Å². The number of esters is 2. The Morgan fingerprint density at radius 3 is 2.27 bits per heavy atom. The second-order valence-corrected chi connectivity index (χ2v) is 7.08. The van der Waals surface area contributed by atoms with Crippen molar-refractivity contribution in [1.29, 1.82) is 0 Å². The van der Waals surface area contributed by atoms with Gasteiger partial charge >= 0.3 is 11.9 Å². The predicted octanol–water partition coefficient (Wildman–Crippen LogP) is 3.40. The van der Waals surface area contributed by atoms with Crippen LogP contribution in [0.5, 0.6) is 0 Å². The highest BCUT2D eigenvalue weighted by atomic mass is 35.5. The van der Waals surface area contributed by atoms with Crippen molar-refractivity contribution in [3.8, 4) is 0 Å². The predicted molar refractivity (Wildman–Crippen MR) is 114 cm³/mol. The van der Waals surface area contributed by atoms with Gasteiger partial charge in [-0.15, -0.1) is 0 Å². The monoisotopic (exact) mass is 435 g/mol. The van der Waals surface area contributed by atoms with Crippen molar-refractivity contribution in [2.75, 3.05) is 32.1 Å². The van der Waals surface area contributed by atoms with Crippen LogP contribution in [0.3, 0.4) is 0 Å². The summed E-state index contributed by atoms with van der Waals surface area (Å²) in [4.78, 5) is 41.7. The van der Waals surface area contributed by atoms with Crippen molar-refractivity contribution < 1.29 is 23.9 Å². The van der Waals surface area contributed by atoms with Crippen LogP contribution in [0.2, 0.25) is 5.02 Å². The highest BCUT2D eigenvalue weighted by Gasteiger charge is 2.26. The van der Waals surface area contributed by atoms with Crippen LogP contribution in [0.4, 0.5) is 5.69 Å². The maximum absolute atomic E-state index is 12.4. The Labute approximate surface area is 180 Å². The quantitative estimate of drug-likeness (QED) is 0.585. The van der Waals surface area contributed by atoms with E-state index in [2.05, 4.69) is 10.3 Å². The second-order valence-electron chi connectivity index (χ2n) is 6.65. The summed E-state index contributed by atoms with van der Waals surface area (Å²) in [5.74, 6) is -1.31. The molecular formula is C21H26ClN3O5. The number of aromatic nitrogens is 1. The highest BCUT2D eigenvalue weighted by Crippen LogP contribution is 2.22. The van der Waals surface area contributed by atoms with E-state index in [4.69, 9.17) is 21.1 Å². The Balaban J connectivity index is 2.15. The molecule has 1 aromatic heterocycles. The van der Waals surface area contributed by atoms with Crippen LogP contribution in [0.15, 0.2) is 24.3 Å². The Morgan fingerprint density at radius 2 is 1.67 bits per heavy atom. The van der Waals surface area contributed by atoms with E-state index >= 15 is 0 Å². The molecule has 0 bridgehead atoms. The van der Waals surface area contributed by atoms with Crippen molar-refractivity contribution in [1.82, 2.24) is 9.88 Å². The minimum atomic E-state index is -0.546. The largest absolute Gasteiger partial charge is 0.462 e. The van der Waals surface area contributed by atoms with Crippen molar-refractivity contribution in [2.24, 2.45) is 0 Å². The molecule has 0 spiro atoms. The molecule has 1 aromatic carbocycles. The summed E-state index contributed by atoms with van der Waals surface area (Å²) in [5, 5.41) is 3.36. The maximum Gasteiger partial charge on any atom is 0.355 e. The van der Waals surface area contributed by atoms with E-state index in [1.54, 1.807) is 57.0 Å². The molecule has 0 aliphatic carbocycles. The third-order valence-corrected chi connectivity index (χ3v) is 4.51. The molecule has 1 heterocycles. The maximum atomic E-state index is 12.4. The van der Waals surface area contributed by atoms with E-state index < -0.39 is 11.9 Å². The molecule has 1 amide bonds. The number of likely N-dealkylation sites (N-methyl/N-ethyl adjacent to an activating group) is 1. The fourth-order valence-corrected chi connectivity index (χ4v) is 3.09. The first kappa shape index (κ1) is 23.4. The third-order valence-electron chi connectivity index (χ3n) is 4.26. The van der Waals surface area contributed by atoms with Gasteiger partial charge in [0.1, 0.15) is 5.69 Å². The van der Waals surface area contributed by atoms with Crippen LogP contribution in [-0.2, 0) is 20.8 Å². The van der Waals surface area contributed by atoms with Crippen LogP contribution in [0, 0.1) is 6.92 Å². The molecule has 0 fully saturated rings. The number of carbonyl (C=O) groups is 3. The molecule has 30 heavy (non-hydrogen) atoms. The van der Waals surface area contributed by atoms with Crippen molar-refractivity contribution in [3.63, 3.8) is 0 Å². The van der Waals surface area contributed by atoms with Gasteiger partial charge in [-0.2, -0.15) is 0 Å². The summed E-state index contributed by atoms with van der Waals surface area (Å²) in [7, 11) is 1.73. The normalized spacial score (nSPS) is 10.7. The average Bonchev–Trinajstić information content (AvgIpc) is 2.99. The van der Waals surface area contributed by atoms with Gasteiger partial charge in [-0.1, -0.05) is 11.6 Å². The summed E-state index contributed by atoms with van der Waals surface area (Å²) in [6, 6.07) is 6.79. The van der Waals surface area contributed by atoms with Gasteiger partial charge in [0, 0.05) is 22.9 Å². The van der Waals surface area contributed by atoms with Gasteiger partial charge in [0.15, 0.2) is 0 Å². The Morgan fingerprint density at radius 1 is 1.07 bits per heavy atom. The average molecular weight is 436 g/mol. The van der Waals surface area contributed by atoms with E-state index in [1.165, 1.54) is 0 Å². The molecule has 0 saturated carbocycles. The Bertz CT molecular complexity index is 908. The summed E-state index contributed by atoms with van der Waals surface area (Å²) >= 11 is 5.85. The van der Waals surface area contributed by atoms with Gasteiger partial charge in [0.25, 0.3) is 0 Å². The molecule has 0 aliphatic rings. The zero-order valence-corrected chi connectivity index (χ0v) is 18.3. The molecule has 162 valence electrons. The van der Waals surface area contributed by atoms with Crippen molar-refractivity contribution in [3.05, 3.63) is 51.8 Å². The lowest BCUT2D eigenvalue weighted by molar-refractivity contribution is -0.117. The van der Waals surface area contributed by atoms with Crippen LogP contribution in [0.1, 0.15) is 46.0 Å². The first-order valence-electron chi connectivity index (χ1n) is 9.56. The SMILES string of the molecule is CCOC(=O)c1[nH]c(CN(C)CC(=O)Nc2ccc(Cl)cc2)c(C(=O)OCC)c1C. The molecule has 9 heteroatoms. The number of amides is 1. The Hall–Kier alpha value is -2.84. The van der Waals surface area contributed by atoms with E-state index in [0.717, 1.165) is 0 Å². The van der Waals surface area contributed by atoms with E-state index in [1.807, 2.05) is 0 Å². The number of halogens is 1. The standard InChI is InChI=1S/C21H26ClN3O5/c1-5-29-20(27)18-13(3)19(21(28)30-6-2)24-16(18)11-25(4)12-17(26)23-15-9-7-14(22)8-10-15/h7-10,24H,5-6,11-12H2,1-4H3,(H,23,26). The second kappa shape index (κ2) is 10.8. The number of rotatable bonds is 9. The molecule has 2 aromatic rings. The van der Waals surface area contributed by atoms with Crippen LogP contribution in [0.25, 0.3) is 0 Å². The minimum Gasteiger partial charge on any atom is -0.462 e. The number of hydrogen-bond acceptors (Lipinski definition) is 6. The molecule has 2 N–H and O–H groups in total. The van der Waals surface area contributed by atoms with E-state index in [0.29, 0.717) is 22.0 Å². The highest BCUT2D eigenvalue weighted by molar-refractivity contribution is 6.30. The molecule has 0 atom stereocenters. The smallest absolute Gasteiger partial charge is 0.355 e. The number of nitrogens with zero attached hydrogens (tertiary/aromatic N) is 1. The third kappa shape index (κ3) is 6.08. The number of nitrogens with one attached hydrogen (secondary N) is 2. The summed E-state index contributed by atoms with van der Waals surface area (Å²) < 4.78 is 10.2. The van der Waals surface area contributed by atoms with E-state index in [-0.39, 0.29) is 43.5 Å². The van der Waals surface area contributed by atoms with Crippen molar-refractivity contribution >= 4 is 35.1 Å². The van der Waals surface area contributed by atoms with Gasteiger partial charge in [0.05, 0.1) is 25.3 Å². The molecule has 0 radical (unpaired) electrons. The van der Waals surface area contributed by atoms with Gasteiger partial charge in [-0.05, 0) is 57.6 Å². The van der Waals surface area contributed by atoms with Crippen LogP contribution >= 0.6 is 11.6 Å². The molecule has 0 unspecified atom stereocenters. The molecule has 0 aliphatic heterocycles. The summed E-state index contributed by atoms with van der Waals surface area (Å²) in [5.41, 5.74) is 2.06. The Kier molecular flexibility index (Phi) is 8.44. The lowest BCUT2D eigenvalue weighted by Gasteiger charge is -2.16.